The van der Waals surface area contributed by atoms with Crippen LogP contribution in [0.15, 0.2) is 18.2 Å². The molecular formula is C18H25N3O4S. The number of carbonyl (C=O) groups excluding carboxylic acids is 1. The Bertz CT molecular complexity index is 634. The van der Waals surface area contributed by atoms with Gasteiger partial charge in [-0.05, 0) is 25.1 Å². The van der Waals surface area contributed by atoms with Crippen LogP contribution >= 0.6 is 12.2 Å². The summed E-state index contributed by atoms with van der Waals surface area (Å²) >= 11 is 5.53. The second-order valence-electron chi connectivity index (χ2n) is 6.35. The Kier molecular flexibility index (Phi) is 6.16. The maximum absolute atomic E-state index is 12.4. The van der Waals surface area contributed by atoms with Gasteiger partial charge in [0, 0.05) is 56.7 Å². The molecule has 2 aliphatic heterocycles. The molecule has 0 aliphatic carbocycles. The molecule has 2 saturated heterocycles. The van der Waals surface area contributed by atoms with Crippen LogP contribution in [0.4, 0.5) is 5.69 Å². The number of ether oxygens (including phenoxy) is 3. The molecule has 0 unspecified atom stereocenters. The Balaban J connectivity index is 1.54. The van der Waals surface area contributed by atoms with Crippen molar-refractivity contribution in [3.8, 4) is 11.5 Å². The third-order valence-corrected chi connectivity index (χ3v) is 5.05. The molecule has 1 N–H and O–H groups in total. The molecule has 26 heavy (non-hydrogen) atoms. The summed E-state index contributed by atoms with van der Waals surface area (Å²) in [5, 5.41) is 3.86. The van der Waals surface area contributed by atoms with Crippen molar-refractivity contribution in [2.24, 2.45) is 0 Å². The first-order valence-electron chi connectivity index (χ1n) is 8.80. The standard InChI is InChI=1S/C18H25N3O4S/c1-23-14-10-13(11-15(12-14)24-2)19-18(26)21-7-5-20(6-8-21)17(22)16-4-3-9-25-16/h10-12,16H,3-9H2,1-2H3,(H,19,26)/t16-/m1/s1. The van der Waals surface area contributed by atoms with E-state index in [4.69, 9.17) is 26.4 Å². The van der Waals surface area contributed by atoms with Gasteiger partial charge < -0.3 is 29.3 Å². The summed E-state index contributed by atoms with van der Waals surface area (Å²) in [7, 11) is 3.22. The molecule has 0 radical (unpaired) electrons. The van der Waals surface area contributed by atoms with Gasteiger partial charge in [-0.15, -0.1) is 0 Å². The van der Waals surface area contributed by atoms with Gasteiger partial charge in [0.1, 0.15) is 17.6 Å². The summed E-state index contributed by atoms with van der Waals surface area (Å²) in [6.45, 7) is 3.40. The van der Waals surface area contributed by atoms with Gasteiger partial charge in [0.05, 0.1) is 14.2 Å². The Morgan fingerprint density at radius 1 is 1.12 bits per heavy atom. The van der Waals surface area contributed by atoms with Crippen LogP contribution in [0.3, 0.4) is 0 Å². The lowest BCUT2D eigenvalue weighted by Crippen LogP contribution is -2.53. The smallest absolute Gasteiger partial charge is 0.251 e. The lowest BCUT2D eigenvalue weighted by molar-refractivity contribution is -0.142. The van der Waals surface area contributed by atoms with Crippen LogP contribution < -0.4 is 14.8 Å². The number of nitrogens with one attached hydrogen (secondary N) is 1. The zero-order chi connectivity index (χ0) is 18.5. The minimum atomic E-state index is -0.254. The molecule has 0 aromatic heterocycles. The lowest BCUT2D eigenvalue weighted by Gasteiger charge is -2.37. The average molecular weight is 379 g/mol. The fourth-order valence-electron chi connectivity index (χ4n) is 3.19. The zero-order valence-corrected chi connectivity index (χ0v) is 16.0. The van der Waals surface area contributed by atoms with Crippen LogP contribution in [0.5, 0.6) is 11.5 Å². The van der Waals surface area contributed by atoms with Gasteiger partial charge in [-0.2, -0.15) is 0 Å². The zero-order valence-electron chi connectivity index (χ0n) is 15.2. The maximum atomic E-state index is 12.4. The third-order valence-electron chi connectivity index (χ3n) is 4.69. The van der Waals surface area contributed by atoms with Gasteiger partial charge in [0.15, 0.2) is 5.11 Å². The summed E-state index contributed by atoms with van der Waals surface area (Å²) in [5.41, 5.74) is 0.809. The highest BCUT2D eigenvalue weighted by atomic mass is 32.1. The van der Waals surface area contributed by atoms with Gasteiger partial charge in [-0.3, -0.25) is 4.79 Å². The van der Waals surface area contributed by atoms with Crippen LogP contribution in [0.1, 0.15) is 12.8 Å². The van der Waals surface area contributed by atoms with Crippen LogP contribution in [-0.2, 0) is 9.53 Å². The molecule has 2 aliphatic rings. The van der Waals surface area contributed by atoms with E-state index >= 15 is 0 Å². The van der Waals surface area contributed by atoms with Crippen molar-refractivity contribution in [1.82, 2.24) is 9.80 Å². The number of nitrogens with zero attached hydrogens (tertiary/aromatic N) is 2. The van der Waals surface area contributed by atoms with Crippen molar-refractivity contribution in [3.63, 3.8) is 0 Å². The minimum Gasteiger partial charge on any atom is -0.497 e. The van der Waals surface area contributed by atoms with E-state index in [9.17, 15) is 4.79 Å². The number of anilines is 1. The molecule has 0 spiro atoms. The molecular weight excluding hydrogens is 354 g/mol. The Labute approximate surface area is 159 Å². The van der Waals surface area contributed by atoms with E-state index in [0.717, 1.165) is 18.5 Å². The fraction of sp³-hybridized carbons (Fsp3) is 0.556. The largest absolute Gasteiger partial charge is 0.497 e. The molecule has 1 aromatic rings. The molecule has 2 fully saturated rings. The molecule has 1 aromatic carbocycles. The van der Waals surface area contributed by atoms with Gasteiger partial charge >= 0.3 is 0 Å². The van der Waals surface area contributed by atoms with Gasteiger partial charge in [-0.1, -0.05) is 0 Å². The van der Waals surface area contributed by atoms with Gasteiger partial charge in [0.25, 0.3) is 5.91 Å². The van der Waals surface area contributed by atoms with Gasteiger partial charge in [0.2, 0.25) is 0 Å². The first kappa shape index (κ1) is 18.7. The molecule has 8 heteroatoms. The topological polar surface area (TPSA) is 63.3 Å². The second kappa shape index (κ2) is 8.55. The highest BCUT2D eigenvalue weighted by Gasteiger charge is 2.30. The lowest BCUT2D eigenvalue weighted by atomic mass is 10.2. The molecule has 3 rings (SSSR count). The third kappa shape index (κ3) is 4.37. The predicted octanol–water partition coefficient (Wildman–Crippen LogP) is 1.72. The number of thiocarbonyl (C=S) groups is 1. The number of piperazine rings is 1. The number of methoxy groups -OCH3 is 2. The molecule has 1 amide bonds. The Morgan fingerprint density at radius 3 is 2.27 bits per heavy atom. The summed E-state index contributed by atoms with van der Waals surface area (Å²) in [5.74, 6) is 1.50. The Morgan fingerprint density at radius 2 is 1.73 bits per heavy atom. The van der Waals surface area contributed by atoms with E-state index in [0.29, 0.717) is 49.4 Å². The molecule has 0 saturated carbocycles. The number of amides is 1. The normalized spacial score (nSPS) is 20.0. The van der Waals surface area contributed by atoms with Crippen molar-refractivity contribution in [1.29, 1.82) is 0 Å². The predicted molar refractivity (Wildman–Crippen MR) is 103 cm³/mol. The molecule has 142 valence electrons. The molecule has 1 atom stereocenters. The van der Waals surface area contributed by atoms with E-state index < -0.39 is 0 Å². The number of carbonyl (C=O) groups is 1. The summed E-state index contributed by atoms with van der Waals surface area (Å²) in [4.78, 5) is 16.4. The number of rotatable bonds is 4. The number of hydrogen-bond acceptors (Lipinski definition) is 5. The maximum Gasteiger partial charge on any atom is 0.251 e. The average Bonchev–Trinajstić information content (AvgIpc) is 3.22. The van der Waals surface area contributed by atoms with Crippen LogP contribution in [-0.4, -0.2) is 73.9 Å². The van der Waals surface area contributed by atoms with Crippen molar-refractivity contribution in [3.05, 3.63) is 18.2 Å². The summed E-state index contributed by atoms with van der Waals surface area (Å²) in [6, 6.07) is 5.54. The van der Waals surface area contributed by atoms with Crippen molar-refractivity contribution < 1.29 is 19.0 Å². The first-order chi connectivity index (χ1) is 12.6. The quantitative estimate of drug-likeness (QED) is 0.799. The van der Waals surface area contributed by atoms with E-state index in [-0.39, 0.29) is 12.0 Å². The van der Waals surface area contributed by atoms with Crippen LogP contribution in [0, 0.1) is 0 Å². The van der Waals surface area contributed by atoms with E-state index in [2.05, 4.69) is 10.2 Å². The number of benzene rings is 1. The monoisotopic (exact) mass is 379 g/mol. The minimum absolute atomic E-state index is 0.110. The molecule has 7 nitrogen and oxygen atoms in total. The van der Waals surface area contributed by atoms with Crippen LogP contribution in [0.2, 0.25) is 0 Å². The van der Waals surface area contributed by atoms with Crippen molar-refractivity contribution >= 4 is 28.9 Å². The van der Waals surface area contributed by atoms with Crippen molar-refractivity contribution in [2.45, 2.75) is 18.9 Å². The molecule has 0 bridgehead atoms. The molecule has 2 heterocycles. The van der Waals surface area contributed by atoms with Crippen molar-refractivity contribution in [2.75, 3.05) is 52.3 Å². The highest BCUT2D eigenvalue weighted by Crippen LogP contribution is 2.26. The highest BCUT2D eigenvalue weighted by molar-refractivity contribution is 7.80. The first-order valence-corrected chi connectivity index (χ1v) is 9.21. The fourth-order valence-corrected chi connectivity index (χ4v) is 3.49. The van der Waals surface area contributed by atoms with E-state index in [1.807, 2.05) is 23.1 Å². The van der Waals surface area contributed by atoms with Crippen LogP contribution in [0.25, 0.3) is 0 Å². The summed E-state index contributed by atoms with van der Waals surface area (Å²) < 4.78 is 16.1. The van der Waals surface area contributed by atoms with E-state index in [1.54, 1.807) is 14.2 Å². The number of hydrogen-bond donors (Lipinski definition) is 1. The van der Waals surface area contributed by atoms with E-state index in [1.165, 1.54) is 0 Å². The SMILES string of the molecule is COc1cc(NC(=S)N2CCN(C(=O)[C@H]3CCCO3)CC2)cc(OC)c1. The summed E-state index contributed by atoms with van der Waals surface area (Å²) in [6.07, 6.45) is 1.54. The van der Waals surface area contributed by atoms with Gasteiger partial charge in [-0.25, -0.2) is 0 Å². The second-order valence-corrected chi connectivity index (χ2v) is 6.73. The Hall–Kier alpha value is -2.06.